The third kappa shape index (κ3) is 4.16. The van der Waals surface area contributed by atoms with Crippen LogP contribution < -0.4 is 4.74 Å². The van der Waals surface area contributed by atoms with E-state index in [1.165, 1.54) is 11.3 Å². The van der Waals surface area contributed by atoms with Gasteiger partial charge in [0.05, 0.1) is 6.10 Å². The molecular weight excluding hydrogens is 286 g/mol. The number of ether oxygens (including phenoxy) is 1. The van der Waals surface area contributed by atoms with Crippen molar-refractivity contribution >= 4 is 29.5 Å². The average Bonchev–Trinajstić information content (AvgIpc) is 2.77. The molecule has 2 rings (SSSR count). The molecule has 0 saturated carbocycles. The maximum Gasteiger partial charge on any atom is 0.355 e. The van der Waals surface area contributed by atoms with Crippen molar-refractivity contribution in [1.82, 2.24) is 4.98 Å². The Balaban J connectivity index is 2.17. The number of carboxylic acid groups (broad SMARTS) is 1. The molecule has 0 bridgehead atoms. The molecular formula is C16H17NO3S. The monoisotopic (exact) mass is 303 g/mol. The van der Waals surface area contributed by atoms with Gasteiger partial charge in [0.25, 0.3) is 0 Å². The number of nitrogens with zero attached hydrogens (tertiary/aromatic N) is 1. The summed E-state index contributed by atoms with van der Waals surface area (Å²) >= 11 is 1.37. The predicted octanol–water partition coefficient (Wildman–Crippen LogP) is 4.11. The Hall–Kier alpha value is -2.14. The number of aromatic carboxylic acids is 1. The van der Waals surface area contributed by atoms with Crippen LogP contribution in [0.15, 0.2) is 24.3 Å². The normalized spacial score (nSPS) is 11.2. The van der Waals surface area contributed by atoms with E-state index in [1.54, 1.807) is 6.92 Å². The van der Waals surface area contributed by atoms with Crippen molar-refractivity contribution in [3.05, 3.63) is 45.4 Å². The number of aromatic nitrogens is 1. The lowest BCUT2D eigenvalue weighted by Crippen LogP contribution is -2.05. The lowest BCUT2D eigenvalue weighted by atomic mass is 10.2. The first-order valence-electron chi connectivity index (χ1n) is 6.61. The van der Waals surface area contributed by atoms with Crippen LogP contribution >= 0.6 is 11.3 Å². The van der Waals surface area contributed by atoms with E-state index in [1.807, 2.05) is 50.3 Å². The molecule has 1 aromatic heterocycles. The molecule has 0 amide bonds. The summed E-state index contributed by atoms with van der Waals surface area (Å²) in [4.78, 5) is 15.8. The Morgan fingerprint density at radius 1 is 1.38 bits per heavy atom. The second-order valence-electron chi connectivity index (χ2n) is 4.83. The second kappa shape index (κ2) is 6.54. The first-order valence-corrected chi connectivity index (χ1v) is 7.43. The number of aryl methyl sites for hydroxylation is 1. The number of carbonyl (C=O) groups is 1. The molecule has 2 aromatic rings. The summed E-state index contributed by atoms with van der Waals surface area (Å²) < 4.78 is 5.64. The van der Waals surface area contributed by atoms with E-state index >= 15 is 0 Å². The standard InChI is InChI=1S/C16H17NO3S/c1-10(2)20-13-6-4-5-12(9-13)7-8-14-17-15(16(18)19)11(3)21-14/h4-10H,1-3H3,(H,18,19). The minimum absolute atomic E-state index is 0.122. The van der Waals surface area contributed by atoms with Crippen LogP contribution in [0.5, 0.6) is 5.75 Å². The first kappa shape index (κ1) is 15.3. The molecule has 1 aromatic carbocycles. The summed E-state index contributed by atoms with van der Waals surface area (Å²) in [5, 5.41) is 9.67. The number of hydrogen-bond acceptors (Lipinski definition) is 4. The largest absolute Gasteiger partial charge is 0.491 e. The van der Waals surface area contributed by atoms with E-state index in [2.05, 4.69) is 4.98 Å². The predicted molar refractivity (Wildman–Crippen MR) is 84.9 cm³/mol. The number of hydrogen-bond donors (Lipinski definition) is 1. The fourth-order valence-corrected chi connectivity index (χ4v) is 2.63. The molecule has 1 N–H and O–H groups in total. The molecule has 0 spiro atoms. The number of thiazole rings is 1. The Morgan fingerprint density at radius 2 is 2.14 bits per heavy atom. The number of benzene rings is 1. The van der Waals surface area contributed by atoms with E-state index in [-0.39, 0.29) is 11.8 Å². The number of carboxylic acids is 1. The van der Waals surface area contributed by atoms with Gasteiger partial charge in [0.2, 0.25) is 0 Å². The Bertz CT molecular complexity index is 674. The Labute approximate surface area is 127 Å². The highest BCUT2D eigenvalue weighted by Gasteiger charge is 2.12. The van der Waals surface area contributed by atoms with E-state index < -0.39 is 5.97 Å². The van der Waals surface area contributed by atoms with E-state index in [0.717, 1.165) is 11.3 Å². The van der Waals surface area contributed by atoms with Gasteiger partial charge in [0, 0.05) is 4.88 Å². The van der Waals surface area contributed by atoms with Crippen molar-refractivity contribution in [2.75, 3.05) is 0 Å². The van der Waals surface area contributed by atoms with Gasteiger partial charge in [-0.15, -0.1) is 11.3 Å². The zero-order valence-corrected chi connectivity index (χ0v) is 13.0. The van der Waals surface area contributed by atoms with E-state index in [0.29, 0.717) is 9.88 Å². The van der Waals surface area contributed by atoms with Crippen LogP contribution in [0.1, 0.15) is 39.8 Å². The molecule has 0 unspecified atom stereocenters. The van der Waals surface area contributed by atoms with Gasteiger partial charge in [0.15, 0.2) is 5.69 Å². The van der Waals surface area contributed by atoms with Crippen LogP contribution in [0.3, 0.4) is 0 Å². The summed E-state index contributed by atoms with van der Waals surface area (Å²) in [5.74, 6) is -0.176. The van der Waals surface area contributed by atoms with Gasteiger partial charge in [-0.25, -0.2) is 9.78 Å². The zero-order valence-electron chi connectivity index (χ0n) is 12.2. The molecule has 5 heteroatoms. The summed E-state index contributed by atoms with van der Waals surface area (Å²) in [6.45, 7) is 5.72. The molecule has 0 aliphatic rings. The highest BCUT2D eigenvalue weighted by molar-refractivity contribution is 7.12. The number of rotatable bonds is 5. The molecule has 21 heavy (non-hydrogen) atoms. The van der Waals surface area contributed by atoms with Crippen LogP contribution in [-0.4, -0.2) is 22.2 Å². The van der Waals surface area contributed by atoms with Gasteiger partial charge in [-0.2, -0.15) is 0 Å². The van der Waals surface area contributed by atoms with Crippen molar-refractivity contribution in [1.29, 1.82) is 0 Å². The van der Waals surface area contributed by atoms with Crippen molar-refractivity contribution in [2.24, 2.45) is 0 Å². The molecule has 0 radical (unpaired) electrons. The minimum atomic E-state index is -0.990. The maximum absolute atomic E-state index is 11.0. The lowest BCUT2D eigenvalue weighted by Gasteiger charge is -2.09. The van der Waals surface area contributed by atoms with Crippen LogP contribution in [0.25, 0.3) is 12.2 Å². The molecule has 4 nitrogen and oxygen atoms in total. The smallest absolute Gasteiger partial charge is 0.355 e. The highest BCUT2D eigenvalue weighted by atomic mass is 32.1. The molecule has 1 heterocycles. The summed E-state index contributed by atoms with van der Waals surface area (Å²) in [7, 11) is 0. The fourth-order valence-electron chi connectivity index (χ4n) is 1.82. The Kier molecular flexibility index (Phi) is 4.75. The van der Waals surface area contributed by atoms with Gasteiger partial charge in [-0.05, 0) is 44.5 Å². The summed E-state index contributed by atoms with van der Waals surface area (Å²) in [6.07, 6.45) is 3.85. The van der Waals surface area contributed by atoms with Gasteiger partial charge < -0.3 is 9.84 Å². The van der Waals surface area contributed by atoms with E-state index in [9.17, 15) is 4.79 Å². The summed E-state index contributed by atoms with van der Waals surface area (Å²) in [5.41, 5.74) is 1.11. The van der Waals surface area contributed by atoms with Crippen LogP contribution in [0.2, 0.25) is 0 Å². The van der Waals surface area contributed by atoms with Crippen molar-refractivity contribution in [2.45, 2.75) is 26.9 Å². The molecule has 0 aliphatic carbocycles. The SMILES string of the molecule is Cc1sc(C=Cc2cccc(OC(C)C)c2)nc1C(=O)O. The maximum atomic E-state index is 11.0. The first-order chi connectivity index (χ1) is 9.95. The second-order valence-corrected chi connectivity index (χ2v) is 6.07. The van der Waals surface area contributed by atoms with Crippen LogP contribution in [0.4, 0.5) is 0 Å². The third-order valence-corrected chi connectivity index (χ3v) is 3.60. The minimum Gasteiger partial charge on any atom is -0.491 e. The summed E-state index contributed by atoms with van der Waals surface area (Å²) in [6, 6.07) is 7.73. The average molecular weight is 303 g/mol. The third-order valence-electron chi connectivity index (χ3n) is 2.66. The highest BCUT2D eigenvalue weighted by Crippen LogP contribution is 2.21. The molecule has 0 atom stereocenters. The lowest BCUT2D eigenvalue weighted by molar-refractivity contribution is 0.0690. The molecule has 0 saturated heterocycles. The van der Waals surface area contributed by atoms with Gasteiger partial charge in [-0.3, -0.25) is 0 Å². The van der Waals surface area contributed by atoms with Crippen molar-refractivity contribution in [3.8, 4) is 5.75 Å². The fraction of sp³-hybridized carbons (Fsp3) is 0.250. The van der Waals surface area contributed by atoms with Gasteiger partial charge in [-0.1, -0.05) is 18.2 Å². The molecule has 0 aliphatic heterocycles. The van der Waals surface area contributed by atoms with Crippen LogP contribution in [-0.2, 0) is 0 Å². The molecule has 0 fully saturated rings. The quantitative estimate of drug-likeness (QED) is 0.903. The van der Waals surface area contributed by atoms with Gasteiger partial charge >= 0.3 is 5.97 Å². The Morgan fingerprint density at radius 3 is 2.76 bits per heavy atom. The van der Waals surface area contributed by atoms with E-state index in [4.69, 9.17) is 9.84 Å². The van der Waals surface area contributed by atoms with Crippen molar-refractivity contribution < 1.29 is 14.6 Å². The topological polar surface area (TPSA) is 59.4 Å². The van der Waals surface area contributed by atoms with Crippen molar-refractivity contribution in [3.63, 3.8) is 0 Å². The zero-order chi connectivity index (χ0) is 15.4. The molecule has 110 valence electrons. The van der Waals surface area contributed by atoms with Crippen LogP contribution in [0, 0.1) is 6.92 Å². The van der Waals surface area contributed by atoms with Gasteiger partial charge in [0.1, 0.15) is 10.8 Å².